The molecule has 0 aliphatic carbocycles. The number of aliphatic imine (C=N–C) groups is 1. The summed E-state index contributed by atoms with van der Waals surface area (Å²) < 4.78 is 5.30. The van der Waals surface area contributed by atoms with E-state index in [1.54, 1.807) is 25.2 Å². The number of nitrogens with one attached hydrogen (secondary N) is 3. The molecule has 1 aromatic rings. The van der Waals surface area contributed by atoms with Crippen LogP contribution in [0.25, 0.3) is 0 Å². The highest BCUT2D eigenvalue weighted by Gasteiger charge is 2.18. The monoisotopic (exact) mass is 533 g/mol. The molecule has 0 saturated carbocycles. The van der Waals surface area contributed by atoms with E-state index < -0.39 is 17.6 Å². The SMILES string of the molecule is CCCCC(CNC(=O)OC(C)(C)C)NC(=NC)NCc1cccc(C(N)=O)c1.I. The van der Waals surface area contributed by atoms with Crippen molar-refractivity contribution in [1.29, 1.82) is 0 Å². The molecular formula is C21H36IN5O3. The van der Waals surface area contributed by atoms with Crippen LogP contribution in [0.2, 0.25) is 0 Å². The fourth-order valence-corrected chi connectivity index (χ4v) is 2.60. The lowest BCUT2D eigenvalue weighted by Crippen LogP contribution is -2.48. The highest BCUT2D eigenvalue weighted by molar-refractivity contribution is 14.0. The maximum Gasteiger partial charge on any atom is 0.407 e. The minimum atomic E-state index is -0.534. The van der Waals surface area contributed by atoms with Gasteiger partial charge in [0.2, 0.25) is 5.91 Å². The first-order valence-corrected chi connectivity index (χ1v) is 9.97. The molecule has 1 aromatic carbocycles. The number of carbonyl (C=O) groups excluding carboxylic acids is 2. The quantitative estimate of drug-likeness (QED) is 0.221. The summed E-state index contributed by atoms with van der Waals surface area (Å²) in [5, 5.41) is 9.38. The number of nitrogens with two attached hydrogens (primary N) is 1. The van der Waals surface area contributed by atoms with E-state index in [1.807, 2.05) is 26.8 Å². The fraction of sp³-hybridized carbons (Fsp3) is 0.571. The van der Waals surface area contributed by atoms with Gasteiger partial charge in [-0.3, -0.25) is 9.79 Å². The van der Waals surface area contributed by atoms with Crippen molar-refractivity contribution in [2.75, 3.05) is 13.6 Å². The van der Waals surface area contributed by atoms with E-state index in [9.17, 15) is 9.59 Å². The maximum absolute atomic E-state index is 11.9. The van der Waals surface area contributed by atoms with Gasteiger partial charge < -0.3 is 26.4 Å². The van der Waals surface area contributed by atoms with Crippen molar-refractivity contribution in [3.05, 3.63) is 35.4 Å². The van der Waals surface area contributed by atoms with Crippen LogP contribution >= 0.6 is 24.0 Å². The highest BCUT2D eigenvalue weighted by atomic mass is 127. The third-order valence-corrected chi connectivity index (χ3v) is 4.03. The Kier molecular flexibility index (Phi) is 13.1. The van der Waals surface area contributed by atoms with Gasteiger partial charge in [0.1, 0.15) is 5.60 Å². The molecule has 0 aromatic heterocycles. The van der Waals surface area contributed by atoms with Gasteiger partial charge in [-0.25, -0.2) is 4.79 Å². The van der Waals surface area contributed by atoms with E-state index in [-0.39, 0.29) is 30.0 Å². The lowest BCUT2D eigenvalue weighted by atomic mass is 10.1. The molecule has 5 N–H and O–H groups in total. The molecule has 2 amide bonds. The van der Waals surface area contributed by atoms with Crippen LogP contribution in [0.5, 0.6) is 0 Å². The number of nitrogens with zero attached hydrogens (tertiary/aromatic N) is 1. The number of rotatable bonds is 9. The van der Waals surface area contributed by atoms with Crippen LogP contribution in [0.1, 0.15) is 62.9 Å². The van der Waals surface area contributed by atoms with Crippen LogP contribution in [0.4, 0.5) is 4.79 Å². The van der Waals surface area contributed by atoms with Gasteiger partial charge in [0, 0.05) is 31.7 Å². The zero-order chi connectivity index (χ0) is 21.9. The fourth-order valence-electron chi connectivity index (χ4n) is 2.60. The molecule has 0 aliphatic rings. The Morgan fingerprint density at radius 1 is 1.23 bits per heavy atom. The van der Waals surface area contributed by atoms with E-state index in [0.717, 1.165) is 24.8 Å². The minimum Gasteiger partial charge on any atom is -0.444 e. The Balaban J connectivity index is 0.00000841. The molecule has 0 bridgehead atoms. The minimum absolute atomic E-state index is 0. The summed E-state index contributed by atoms with van der Waals surface area (Å²) in [6, 6.07) is 7.14. The summed E-state index contributed by atoms with van der Waals surface area (Å²) in [6.45, 7) is 8.53. The van der Waals surface area contributed by atoms with Gasteiger partial charge in [-0.15, -0.1) is 24.0 Å². The predicted molar refractivity (Wildman–Crippen MR) is 131 cm³/mol. The second-order valence-electron chi connectivity index (χ2n) is 7.86. The topological polar surface area (TPSA) is 118 Å². The predicted octanol–water partition coefficient (Wildman–Crippen LogP) is 3.15. The number of hydrogen-bond donors (Lipinski definition) is 4. The molecule has 1 unspecified atom stereocenters. The molecule has 1 rings (SSSR count). The summed E-state index contributed by atoms with van der Waals surface area (Å²) in [5.74, 6) is 0.156. The molecule has 0 saturated heterocycles. The summed E-state index contributed by atoms with van der Waals surface area (Å²) in [5.41, 5.74) is 6.18. The number of amides is 2. The summed E-state index contributed by atoms with van der Waals surface area (Å²) in [4.78, 5) is 27.5. The summed E-state index contributed by atoms with van der Waals surface area (Å²) >= 11 is 0. The van der Waals surface area contributed by atoms with Crippen molar-refractivity contribution < 1.29 is 14.3 Å². The number of alkyl carbamates (subject to hydrolysis) is 1. The second kappa shape index (κ2) is 14.1. The van der Waals surface area contributed by atoms with Crippen molar-refractivity contribution >= 4 is 41.9 Å². The summed E-state index contributed by atoms with van der Waals surface area (Å²) in [6.07, 6.45) is 2.51. The van der Waals surface area contributed by atoms with Crippen molar-refractivity contribution in [1.82, 2.24) is 16.0 Å². The number of hydrogen-bond acceptors (Lipinski definition) is 4. The molecule has 0 spiro atoms. The number of ether oxygens (including phenoxy) is 1. The smallest absolute Gasteiger partial charge is 0.407 e. The number of primary amides is 1. The van der Waals surface area contributed by atoms with E-state index in [4.69, 9.17) is 10.5 Å². The highest BCUT2D eigenvalue weighted by Crippen LogP contribution is 2.07. The van der Waals surface area contributed by atoms with Crippen molar-refractivity contribution in [2.45, 2.75) is 65.1 Å². The number of halogens is 1. The maximum atomic E-state index is 11.9. The molecule has 30 heavy (non-hydrogen) atoms. The average Bonchev–Trinajstić information content (AvgIpc) is 2.65. The molecule has 0 radical (unpaired) electrons. The zero-order valence-corrected chi connectivity index (χ0v) is 20.9. The van der Waals surface area contributed by atoms with E-state index >= 15 is 0 Å². The van der Waals surface area contributed by atoms with Gasteiger partial charge in [0.05, 0.1) is 0 Å². The van der Waals surface area contributed by atoms with E-state index in [1.165, 1.54) is 0 Å². The third-order valence-electron chi connectivity index (χ3n) is 4.03. The van der Waals surface area contributed by atoms with Crippen LogP contribution in [0.3, 0.4) is 0 Å². The third kappa shape index (κ3) is 11.8. The lowest BCUT2D eigenvalue weighted by molar-refractivity contribution is 0.0522. The van der Waals surface area contributed by atoms with Crippen LogP contribution < -0.4 is 21.7 Å². The van der Waals surface area contributed by atoms with Gasteiger partial charge >= 0.3 is 6.09 Å². The molecule has 0 fully saturated rings. The van der Waals surface area contributed by atoms with Crippen molar-refractivity contribution in [3.63, 3.8) is 0 Å². The first-order chi connectivity index (χ1) is 13.6. The Bertz CT molecular complexity index is 704. The van der Waals surface area contributed by atoms with Crippen LogP contribution in [-0.2, 0) is 11.3 Å². The molecule has 8 nitrogen and oxygen atoms in total. The molecule has 0 heterocycles. The zero-order valence-electron chi connectivity index (χ0n) is 18.6. The Hall–Kier alpha value is -2.04. The number of carbonyl (C=O) groups is 2. The average molecular weight is 533 g/mol. The Morgan fingerprint density at radius 2 is 1.93 bits per heavy atom. The number of guanidine groups is 1. The van der Waals surface area contributed by atoms with Crippen molar-refractivity contribution in [2.24, 2.45) is 10.7 Å². The normalized spacial score (nSPS) is 12.4. The molecule has 170 valence electrons. The molecular weight excluding hydrogens is 497 g/mol. The molecule has 9 heteroatoms. The van der Waals surface area contributed by atoms with Crippen LogP contribution in [0, 0.1) is 0 Å². The number of benzene rings is 1. The van der Waals surface area contributed by atoms with Crippen LogP contribution in [-0.4, -0.2) is 43.2 Å². The van der Waals surface area contributed by atoms with Gasteiger partial charge in [-0.2, -0.15) is 0 Å². The van der Waals surface area contributed by atoms with E-state index in [2.05, 4.69) is 27.9 Å². The number of unbranched alkanes of at least 4 members (excludes halogenated alkanes) is 1. The summed E-state index contributed by atoms with van der Waals surface area (Å²) in [7, 11) is 1.69. The molecule has 1 atom stereocenters. The van der Waals surface area contributed by atoms with Gasteiger partial charge in [0.25, 0.3) is 0 Å². The van der Waals surface area contributed by atoms with Gasteiger partial charge in [0.15, 0.2) is 5.96 Å². The van der Waals surface area contributed by atoms with Crippen LogP contribution in [0.15, 0.2) is 29.3 Å². The van der Waals surface area contributed by atoms with Gasteiger partial charge in [-0.1, -0.05) is 31.9 Å². The lowest BCUT2D eigenvalue weighted by Gasteiger charge is -2.24. The van der Waals surface area contributed by atoms with Crippen molar-refractivity contribution in [3.8, 4) is 0 Å². The standard InChI is InChI=1S/C21H35N5O3.HI/c1-6-7-11-17(14-25-20(28)29-21(2,3)4)26-19(23-5)24-13-15-9-8-10-16(12-15)18(22)27;/h8-10,12,17H,6-7,11,13-14H2,1-5H3,(H2,22,27)(H,25,28)(H2,23,24,26);1H. The second-order valence-corrected chi connectivity index (χ2v) is 7.86. The first kappa shape index (κ1) is 28.0. The Morgan fingerprint density at radius 3 is 2.50 bits per heavy atom. The first-order valence-electron chi connectivity index (χ1n) is 9.97. The Labute approximate surface area is 196 Å². The van der Waals surface area contributed by atoms with E-state index in [0.29, 0.717) is 24.6 Å². The van der Waals surface area contributed by atoms with Gasteiger partial charge in [-0.05, 0) is 44.9 Å². The molecule has 0 aliphatic heterocycles. The largest absolute Gasteiger partial charge is 0.444 e.